The average molecular weight is 418 g/mol. The standard InChI is InChI=1S/C20H20F2N4O4/c1-3-8-30-15-7-5-12(10-16(15)29-2)20(28)26-25-19(27)11-4-6-13-14(9-11)24-18(23-13)17(21)22/h4-7,9-10,17H,3,8H2,1-2H3,(H,23,24)(H,25,27)(H,26,28). The Morgan fingerprint density at radius 1 is 1.07 bits per heavy atom. The van der Waals surface area contributed by atoms with Crippen molar-refractivity contribution in [2.45, 2.75) is 19.8 Å². The molecule has 30 heavy (non-hydrogen) atoms. The average Bonchev–Trinajstić information content (AvgIpc) is 3.19. The van der Waals surface area contributed by atoms with E-state index in [1.54, 1.807) is 6.07 Å². The number of hydrazine groups is 1. The first-order chi connectivity index (χ1) is 14.4. The highest BCUT2D eigenvalue weighted by Gasteiger charge is 2.16. The summed E-state index contributed by atoms with van der Waals surface area (Å²) in [6.07, 6.45) is -1.92. The fourth-order valence-corrected chi connectivity index (χ4v) is 2.67. The van der Waals surface area contributed by atoms with Gasteiger partial charge in [0.05, 0.1) is 24.8 Å². The van der Waals surface area contributed by atoms with Crippen LogP contribution in [0.15, 0.2) is 36.4 Å². The summed E-state index contributed by atoms with van der Waals surface area (Å²) in [7, 11) is 1.46. The van der Waals surface area contributed by atoms with Crippen molar-refractivity contribution in [1.82, 2.24) is 20.8 Å². The number of aromatic nitrogens is 2. The van der Waals surface area contributed by atoms with Crippen molar-refractivity contribution in [3.05, 3.63) is 53.3 Å². The molecule has 0 saturated carbocycles. The van der Waals surface area contributed by atoms with Crippen molar-refractivity contribution in [3.63, 3.8) is 0 Å². The minimum Gasteiger partial charge on any atom is -0.493 e. The number of rotatable bonds is 7. The Bertz CT molecular complexity index is 1070. The summed E-state index contributed by atoms with van der Waals surface area (Å²) in [5.41, 5.74) is 5.60. The summed E-state index contributed by atoms with van der Waals surface area (Å²) in [5.74, 6) is -0.756. The molecule has 0 radical (unpaired) electrons. The molecule has 0 aliphatic rings. The fourth-order valence-electron chi connectivity index (χ4n) is 2.67. The monoisotopic (exact) mass is 418 g/mol. The molecule has 1 aromatic heterocycles. The number of fused-ring (bicyclic) bond motifs is 1. The highest BCUT2D eigenvalue weighted by Crippen LogP contribution is 2.28. The van der Waals surface area contributed by atoms with Crippen LogP contribution in [0.3, 0.4) is 0 Å². The Hall–Kier alpha value is -3.69. The zero-order valence-corrected chi connectivity index (χ0v) is 16.3. The van der Waals surface area contributed by atoms with E-state index in [2.05, 4.69) is 20.8 Å². The molecule has 0 aliphatic carbocycles. The Morgan fingerprint density at radius 3 is 2.37 bits per heavy atom. The number of aromatic amines is 1. The number of ether oxygens (including phenoxy) is 2. The SMILES string of the molecule is CCCOc1ccc(C(=O)NNC(=O)c2ccc3nc(C(F)F)[nH]c3c2)cc1OC. The number of hydrogen-bond donors (Lipinski definition) is 3. The lowest BCUT2D eigenvalue weighted by Gasteiger charge is -2.12. The summed E-state index contributed by atoms with van der Waals surface area (Å²) < 4.78 is 36.2. The molecule has 3 rings (SSSR count). The van der Waals surface area contributed by atoms with Gasteiger partial charge in [0.1, 0.15) is 0 Å². The van der Waals surface area contributed by atoms with Gasteiger partial charge in [-0.3, -0.25) is 20.4 Å². The molecular formula is C20H20F2N4O4. The van der Waals surface area contributed by atoms with Gasteiger partial charge in [0.15, 0.2) is 17.3 Å². The highest BCUT2D eigenvalue weighted by atomic mass is 19.3. The van der Waals surface area contributed by atoms with E-state index in [1.807, 2.05) is 6.92 Å². The molecule has 158 valence electrons. The summed E-state index contributed by atoms with van der Waals surface area (Å²) in [6, 6.07) is 8.88. The van der Waals surface area contributed by atoms with E-state index in [1.165, 1.54) is 37.4 Å². The first-order valence-electron chi connectivity index (χ1n) is 9.12. The molecule has 0 fully saturated rings. The van der Waals surface area contributed by atoms with E-state index < -0.39 is 24.1 Å². The number of nitrogens with zero attached hydrogens (tertiary/aromatic N) is 1. The van der Waals surface area contributed by atoms with Crippen LogP contribution in [0.2, 0.25) is 0 Å². The molecule has 3 aromatic rings. The van der Waals surface area contributed by atoms with Crippen LogP contribution >= 0.6 is 0 Å². The van der Waals surface area contributed by atoms with E-state index >= 15 is 0 Å². The molecular weight excluding hydrogens is 398 g/mol. The third-order valence-corrected chi connectivity index (χ3v) is 4.15. The predicted octanol–water partition coefficient (Wildman–Crippen LogP) is 3.37. The molecule has 2 amide bonds. The number of nitrogens with one attached hydrogen (secondary N) is 3. The number of methoxy groups -OCH3 is 1. The zero-order chi connectivity index (χ0) is 21.7. The van der Waals surface area contributed by atoms with Crippen molar-refractivity contribution in [2.75, 3.05) is 13.7 Å². The topological polar surface area (TPSA) is 105 Å². The van der Waals surface area contributed by atoms with Crippen molar-refractivity contribution in [2.24, 2.45) is 0 Å². The molecule has 0 aliphatic heterocycles. The third-order valence-electron chi connectivity index (χ3n) is 4.15. The van der Waals surface area contributed by atoms with Crippen molar-refractivity contribution in [1.29, 1.82) is 0 Å². The number of halogens is 2. The Kier molecular flexibility index (Phi) is 6.45. The summed E-state index contributed by atoms with van der Waals surface area (Å²) in [6.45, 7) is 2.48. The lowest BCUT2D eigenvalue weighted by molar-refractivity contribution is 0.0846. The van der Waals surface area contributed by atoms with Gasteiger partial charge in [-0.1, -0.05) is 6.92 Å². The van der Waals surface area contributed by atoms with Gasteiger partial charge in [-0.15, -0.1) is 0 Å². The van der Waals surface area contributed by atoms with E-state index in [-0.39, 0.29) is 16.6 Å². The maximum atomic E-state index is 12.7. The summed E-state index contributed by atoms with van der Waals surface area (Å²) >= 11 is 0. The van der Waals surface area contributed by atoms with E-state index in [0.717, 1.165) is 6.42 Å². The fraction of sp³-hybridized carbons (Fsp3) is 0.250. The van der Waals surface area contributed by atoms with Gasteiger partial charge in [-0.2, -0.15) is 0 Å². The molecule has 2 aromatic carbocycles. The van der Waals surface area contributed by atoms with Crippen molar-refractivity contribution >= 4 is 22.8 Å². The van der Waals surface area contributed by atoms with Crippen LogP contribution in [0.5, 0.6) is 11.5 Å². The first-order valence-corrected chi connectivity index (χ1v) is 9.12. The van der Waals surface area contributed by atoms with Gasteiger partial charge in [0.2, 0.25) is 0 Å². The highest BCUT2D eigenvalue weighted by molar-refractivity contribution is 6.00. The van der Waals surface area contributed by atoms with E-state index in [9.17, 15) is 18.4 Å². The second kappa shape index (κ2) is 9.21. The van der Waals surface area contributed by atoms with Gasteiger partial charge >= 0.3 is 0 Å². The summed E-state index contributed by atoms with van der Waals surface area (Å²) in [4.78, 5) is 30.8. The Balaban J connectivity index is 1.66. The second-order valence-electron chi connectivity index (χ2n) is 6.28. The lowest BCUT2D eigenvalue weighted by Crippen LogP contribution is -2.41. The van der Waals surface area contributed by atoms with Crippen LogP contribution in [-0.2, 0) is 0 Å². The molecule has 1 heterocycles. The van der Waals surface area contributed by atoms with Crippen LogP contribution in [0.1, 0.15) is 46.3 Å². The number of imidazole rings is 1. The second-order valence-corrected chi connectivity index (χ2v) is 6.28. The molecule has 0 unspecified atom stereocenters. The number of alkyl halides is 2. The van der Waals surface area contributed by atoms with Crippen LogP contribution in [-0.4, -0.2) is 35.5 Å². The van der Waals surface area contributed by atoms with Gasteiger partial charge < -0.3 is 14.5 Å². The van der Waals surface area contributed by atoms with Gasteiger partial charge in [0.25, 0.3) is 18.2 Å². The minimum atomic E-state index is -2.75. The number of amides is 2. The van der Waals surface area contributed by atoms with Crippen molar-refractivity contribution in [3.8, 4) is 11.5 Å². The van der Waals surface area contributed by atoms with Crippen molar-refractivity contribution < 1.29 is 27.8 Å². The zero-order valence-electron chi connectivity index (χ0n) is 16.3. The smallest absolute Gasteiger partial charge is 0.295 e. The van der Waals surface area contributed by atoms with Crippen LogP contribution < -0.4 is 20.3 Å². The number of carbonyl (C=O) groups is 2. The number of H-pyrrole nitrogens is 1. The lowest BCUT2D eigenvalue weighted by atomic mass is 10.2. The van der Waals surface area contributed by atoms with Crippen LogP contribution in [0, 0.1) is 0 Å². The molecule has 0 bridgehead atoms. The Labute approximate surface area is 170 Å². The number of benzene rings is 2. The molecule has 8 nitrogen and oxygen atoms in total. The van der Waals surface area contributed by atoms with E-state index in [4.69, 9.17) is 9.47 Å². The Morgan fingerprint density at radius 2 is 1.73 bits per heavy atom. The van der Waals surface area contributed by atoms with Gasteiger partial charge in [0, 0.05) is 11.1 Å². The third kappa shape index (κ3) is 4.65. The largest absolute Gasteiger partial charge is 0.493 e. The quantitative estimate of drug-likeness (QED) is 0.510. The van der Waals surface area contributed by atoms with Gasteiger partial charge in [-0.05, 0) is 42.8 Å². The molecule has 10 heteroatoms. The minimum absolute atomic E-state index is 0.160. The first kappa shape index (κ1) is 21.0. The molecule has 0 spiro atoms. The number of carbonyl (C=O) groups excluding carboxylic acids is 2. The molecule has 3 N–H and O–H groups in total. The molecule has 0 saturated heterocycles. The molecule has 0 atom stereocenters. The predicted molar refractivity (Wildman–Crippen MR) is 105 cm³/mol. The normalized spacial score (nSPS) is 10.8. The number of hydrogen-bond acceptors (Lipinski definition) is 5. The summed E-state index contributed by atoms with van der Waals surface area (Å²) in [5, 5.41) is 0. The van der Waals surface area contributed by atoms with Gasteiger partial charge in [-0.25, -0.2) is 13.8 Å². The van der Waals surface area contributed by atoms with Crippen LogP contribution in [0.25, 0.3) is 11.0 Å². The van der Waals surface area contributed by atoms with Crippen LogP contribution in [0.4, 0.5) is 8.78 Å². The van der Waals surface area contributed by atoms with E-state index in [0.29, 0.717) is 23.6 Å². The maximum absolute atomic E-state index is 12.7. The maximum Gasteiger partial charge on any atom is 0.295 e.